The first-order valence-electron chi connectivity index (χ1n) is 3.21. The topological polar surface area (TPSA) is 29.5 Å². The van der Waals surface area contributed by atoms with Crippen LogP contribution in [0.2, 0.25) is 0 Å². The molecule has 0 aliphatic heterocycles. The Bertz CT molecular complexity index is 248. The Morgan fingerprint density at radius 1 is 1.55 bits per heavy atom. The molecule has 0 spiro atoms. The maximum Gasteiger partial charge on any atom is 0.165 e. The smallest absolute Gasteiger partial charge is 0.165 e. The number of aliphatic hydroxyl groups is 1. The summed E-state index contributed by atoms with van der Waals surface area (Å²) in [5, 5.41) is 8.62. The van der Waals surface area contributed by atoms with Gasteiger partial charge in [-0.15, -0.1) is 0 Å². The molecule has 2 nitrogen and oxygen atoms in total. The molecule has 1 N–H and O–H groups in total. The Morgan fingerprint density at radius 3 is 2.73 bits per heavy atom. The fourth-order valence-electron chi connectivity index (χ4n) is 0.808. The molecule has 1 aromatic carbocycles. The Morgan fingerprint density at radius 2 is 2.27 bits per heavy atom. The van der Waals surface area contributed by atoms with Gasteiger partial charge in [0.05, 0.1) is 13.7 Å². The van der Waals surface area contributed by atoms with Gasteiger partial charge in [0.25, 0.3) is 0 Å². The molecule has 0 fully saturated rings. The van der Waals surface area contributed by atoms with Crippen molar-refractivity contribution in [3.8, 4) is 5.75 Å². The van der Waals surface area contributed by atoms with Crippen LogP contribution in [0, 0.1) is 5.82 Å². The zero-order valence-corrected chi connectivity index (χ0v) is 6.17. The fraction of sp³-hybridized carbons (Fsp3) is 0.250. The van der Waals surface area contributed by atoms with Gasteiger partial charge in [0.2, 0.25) is 0 Å². The molecular weight excluding hydrogens is 147 g/mol. The lowest BCUT2D eigenvalue weighted by Crippen LogP contribution is -1.90. The molecule has 0 saturated carbocycles. The Labute approximate surface area is 64.2 Å². The maximum atomic E-state index is 12.8. The van der Waals surface area contributed by atoms with E-state index in [-0.39, 0.29) is 12.4 Å². The van der Waals surface area contributed by atoms with E-state index < -0.39 is 5.82 Å². The highest BCUT2D eigenvalue weighted by molar-refractivity contribution is 5.28. The number of hydrogen-bond acceptors (Lipinski definition) is 2. The summed E-state index contributed by atoms with van der Waals surface area (Å²) in [5.74, 6) is -0.249. The highest BCUT2D eigenvalue weighted by Gasteiger charge is 2.01. The third kappa shape index (κ3) is 1.68. The van der Waals surface area contributed by atoms with Crippen LogP contribution in [-0.4, -0.2) is 12.2 Å². The molecule has 0 heterocycles. The number of aliphatic hydroxyl groups excluding tert-OH is 1. The van der Waals surface area contributed by atoms with Gasteiger partial charge in [-0.1, -0.05) is 6.07 Å². The van der Waals surface area contributed by atoms with E-state index in [0.29, 0.717) is 5.56 Å². The van der Waals surface area contributed by atoms with Gasteiger partial charge >= 0.3 is 0 Å². The monoisotopic (exact) mass is 156 g/mol. The summed E-state index contributed by atoms with van der Waals surface area (Å²) < 4.78 is 17.5. The van der Waals surface area contributed by atoms with E-state index in [1.807, 2.05) is 0 Å². The van der Waals surface area contributed by atoms with Crippen molar-refractivity contribution in [1.29, 1.82) is 0 Å². The van der Waals surface area contributed by atoms with Crippen LogP contribution in [0.5, 0.6) is 5.75 Å². The van der Waals surface area contributed by atoms with Crippen LogP contribution in [0.25, 0.3) is 0 Å². The number of rotatable bonds is 2. The maximum absolute atomic E-state index is 12.8. The van der Waals surface area contributed by atoms with E-state index in [9.17, 15) is 4.39 Å². The lowest BCUT2D eigenvalue weighted by Gasteiger charge is -2.01. The second-order valence-corrected chi connectivity index (χ2v) is 2.13. The molecular formula is C8H9FO2. The minimum atomic E-state index is -0.445. The van der Waals surface area contributed by atoms with E-state index in [1.165, 1.54) is 19.2 Å². The van der Waals surface area contributed by atoms with Crippen molar-refractivity contribution in [3.05, 3.63) is 29.6 Å². The van der Waals surface area contributed by atoms with Crippen molar-refractivity contribution in [3.63, 3.8) is 0 Å². The van der Waals surface area contributed by atoms with Crippen molar-refractivity contribution >= 4 is 0 Å². The molecule has 0 bridgehead atoms. The Kier molecular flexibility index (Phi) is 2.44. The molecule has 0 aliphatic rings. The van der Waals surface area contributed by atoms with Crippen molar-refractivity contribution in [1.82, 2.24) is 0 Å². The first kappa shape index (κ1) is 8.01. The van der Waals surface area contributed by atoms with Crippen molar-refractivity contribution in [2.24, 2.45) is 0 Å². The average Bonchev–Trinajstić information content (AvgIpc) is 2.04. The normalized spacial score (nSPS) is 9.73. The molecule has 0 radical (unpaired) electrons. The second kappa shape index (κ2) is 3.34. The van der Waals surface area contributed by atoms with Gasteiger partial charge in [-0.3, -0.25) is 0 Å². The zero-order valence-electron chi connectivity index (χ0n) is 6.17. The second-order valence-electron chi connectivity index (χ2n) is 2.13. The standard InChI is InChI=1S/C8H9FO2/c1-11-8-3-2-6(5-10)4-7(8)9/h2-4,10H,5H2,1H3. The summed E-state index contributed by atoms with van der Waals surface area (Å²) in [6.07, 6.45) is 0. The SMILES string of the molecule is COc1ccc(CO)cc1F. The van der Waals surface area contributed by atoms with Crippen molar-refractivity contribution < 1.29 is 14.2 Å². The quantitative estimate of drug-likeness (QED) is 0.699. The highest BCUT2D eigenvalue weighted by atomic mass is 19.1. The first-order chi connectivity index (χ1) is 5.27. The predicted octanol–water partition coefficient (Wildman–Crippen LogP) is 1.33. The average molecular weight is 156 g/mol. The largest absolute Gasteiger partial charge is 0.494 e. The minimum absolute atomic E-state index is 0.152. The summed E-state index contributed by atoms with van der Waals surface area (Å²) >= 11 is 0. The van der Waals surface area contributed by atoms with Crippen molar-refractivity contribution in [2.45, 2.75) is 6.61 Å². The molecule has 0 amide bonds. The van der Waals surface area contributed by atoms with Crippen LogP contribution in [0.15, 0.2) is 18.2 Å². The van der Waals surface area contributed by atoms with Crippen LogP contribution < -0.4 is 4.74 Å². The number of benzene rings is 1. The minimum Gasteiger partial charge on any atom is -0.494 e. The summed E-state index contributed by atoms with van der Waals surface area (Å²) in [6.45, 7) is -0.152. The van der Waals surface area contributed by atoms with E-state index >= 15 is 0 Å². The number of halogens is 1. The van der Waals surface area contributed by atoms with Crippen molar-refractivity contribution in [2.75, 3.05) is 7.11 Å². The van der Waals surface area contributed by atoms with Crippen LogP contribution in [0.3, 0.4) is 0 Å². The molecule has 0 aromatic heterocycles. The number of methoxy groups -OCH3 is 1. The highest BCUT2D eigenvalue weighted by Crippen LogP contribution is 2.17. The molecule has 0 aliphatic carbocycles. The third-order valence-electron chi connectivity index (χ3n) is 1.40. The summed E-state index contributed by atoms with van der Waals surface area (Å²) in [7, 11) is 1.40. The lowest BCUT2D eigenvalue weighted by atomic mass is 10.2. The van der Waals surface area contributed by atoms with Gasteiger partial charge < -0.3 is 9.84 Å². The van der Waals surface area contributed by atoms with Gasteiger partial charge in [-0.2, -0.15) is 0 Å². The first-order valence-corrected chi connectivity index (χ1v) is 3.21. The molecule has 60 valence electrons. The van der Waals surface area contributed by atoms with E-state index in [1.54, 1.807) is 6.07 Å². The van der Waals surface area contributed by atoms with Crippen LogP contribution >= 0.6 is 0 Å². The van der Waals surface area contributed by atoms with E-state index in [0.717, 1.165) is 0 Å². The molecule has 0 saturated heterocycles. The molecule has 1 aromatic rings. The molecule has 11 heavy (non-hydrogen) atoms. The lowest BCUT2D eigenvalue weighted by molar-refractivity contribution is 0.280. The van der Waals surface area contributed by atoms with Gasteiger partial charge in [0.15, 0.2) is 11.6 Å². The van der Waals surface area contributed by atoms with E-state index in [2.05, 4.69) is 4.74 Å². The van der Waals surface area contributed by atoms with Crippen LogP contribution in [0.1, 0.15) is 5.56 Å². The van der Waals surface area contributed by atoms with Gasteiger partial charge in [-0.05, 0) is 17.7 Å². The van der Waals surface area contributed by atoms with Crippen LogP contribution in [0.4, 0.5) is 4.39 Å². The van der Waals surface area contributed by atoms with Gasteiger partial charge in [0, 0.05) is 0 Å². The summed E-state index contributed by atoms with van der Waals surface area (Å²) in [4.78, 5) is 0. The van der Waals surface area contributed by atoms with Gasteiger partial charge in [-0.25, -0.2) is 4.39 Å². The predicted molar refractivity (Wildman–Crippen MR) is 38.9 cm³/mol. The third-order valence-corrected chi connectivity index (χ3v) is 1.40. The molecule has 3 heteroatoms. The van der Waals surface area contributed by atoms with E-state index in [4.69, 9.17) is 5.11 Å². The van der Waals surface area contributed by atoms with Crippen LogP contribution in [-0.2, 0) is 6.61 Å². The number of ether oxygens (including phenoxy) is 1. The zero-order chi connectivity index (χ0) is 8.27. The molecule has 0 unspecified atom stereocenters. The number of hydrogen-bond donors (Lipinski definition) is 1. The summed E-state index contributed by atoms with van der Waals surface area (Å²) in [5.41, 5.74) is 0.545. The summed E-state index contributed by atoms with van der Waals surface area (Å²) in [6, 6.07) is 4.35. The van der Waals surface area contributed by atoms with Gasteiger partial charge in [0.1, 0.15) is 0 Å². The fourth-order valence-corrected chi connectivity index (χ4v) is 0.808. The Hall–Kier alpha value is -1.09. The Balaban J connectivity index is 2.99. The molecule has 0 atom stereocenters. The molecule has 1 rings (SSSR count).